The zero-order valence-electron chi connectivity index (χ0n) is 21.8. The van der Waals surface area contributed by atoms with Crippen LogP contribution in [-0.2, 0) is 38.5 Å². The van der Waals surface area contributed by atoms with Crippen LogP contribution in [0.15, 0.2) is 82.7 Å². The number of methoxy groups -OCH3 is 2. The van der Waals surface area contributed by atoms with Gasteiger partial charge in [-0.25, -0.2) is 4.79 Å². The fourth-order valence-electron chi connectivity index (χ4n) is 3.87. The van der Waals surface area contributed by atoms with E-state index in [0.717, 1.165) is 12.1 Å². The second kappa shape index (κ2) is 12.4. The number of carbonyl (C=O) groups excluding carboxylic acids is 1. The maximum atomic E-state index is 13.0. The normalized spacial score (nSPS) is 12.3. The Morgan fingerprint density at radius 1 is 1.02 bits per heavy atom. The summed E-state index contributed by atoms with van der Waals surface area (Å²) in [6.07, 6.45) is -3.12. The summed E-state index contributed by atoms with van der Waals surface area (Å²) in [6.45, 7) is 1.70. The Hall–Kier alpha value is -4.80. The van der Waals surface area contributed by atoms with Gasteiger partial charge in [-0.1, -0.05) is 46.7 Å². The molecule has 0 bridgehead atoms. The van der Waals surface area contributed by atoms with Crippen LogP contribution in [0.3, 0.4) is 0 Å². The highest BCUT2D eigenvalue weighted by Gasteiger charge is 2.30. The summed E-state index contributed by atoms with van der Waals surface area (Å²) in [6, 6.07) is 17.1. The van der Waals surface area contributed by atoms with Gasteiger partial charge >= 0.3 is 12.1 Å². The first-order valence-electron chi connectivity index (χ1n) is 12.0. The van der Waals surface area contributed by atoms with Crippen molar-refractivity contribution in [1.29, 1.82) is 0 Å². The van der Waals surface area contributed by atoms with E-state index in [1.807, 2.05) is 0 Å². The number of hydrogen-bond donors (Lipinski definition) is 0. The van der Waals surface area contributed by atoms with Crippen LogP contribution in [0.4, 0.5) is 13.2 Å². The van der Waals surface area contributed by atoms with Gasteiger partial charge in [-0.2, -0.15) is 13.2 Å². The number of esters is 1. The van der Waals surface area contributed by atoms with Gasteiger partial charge in [0.2, 0.25) is 0 Å². The number of alkyl halides is 3. The van der Waals surface area contributed by atoms with Gasteiger partial charge in [-0.15, -0.1) is 0 Å². The minimum absolute atomic E-state index is 0.0505. The van der Waals surface area contributed by atoms with E-state index in [1.54, 1.807) is 55.5 Å². The average Bonchev–Trinajstić information content (AvgIpc) is 3.38. The number of halogens is 3. The predicted octanol–water partition coefficient (Wildman–Crippen LogP) is 6.53. The van der Waals surface area contributed by atoms with E-state index in [1.165, 1.54) is 26.5 Å². The van der Waals surface area contributed by atoms with E-state index in [4.69, 9.17) is 23.6 Å². The molecule has 1 heterocycles. The van der Waals surface area contributed by atoms with Gasteiger partial charge in [-0.05, 0) is 42.3 Å². The highest BCUT2D eigenvalue weighted by Crippen LogP contribution is 2.30. The zero-order valence-corrected chi connectivity index (χ0v) is 21.8. The summed E-state index contributed by atoms with van der Waals surface area (Å²) in [4.78, 5) is 17.8. The lowest BCUT2D eigenvalue weighted by atomic mass is 10.0. The van der Waals surface area contributed by atoms with Gasteiger partial charge in [0.1, 0.15) is 35.9 Å². The van der Waals surface area contributed by atoms with Crippen LogP contribution in [-0.4, -0.2) is 31.1 Å². The van der Waals surface area contributed by atoms with Crippen LogP contribution in [0.5, 0.6) is 5.75 Å². The Balaban J connectivity index is 1.45. The number of benzene rings is 3. The Morgan fingerprint density at radius 2 is 1.82 bits per heavy atom. The molecule has 0 spiro atoms. The molecular weight excluding hydrogens is 529 g/mol. The Morgan fingerprint density at radius 3 is 2.58 bits per heavy atom. The largest absolute Gasteiger partial charge is 0.503 e. The van der Waals surface area contributed by atoms with E-state index in [2.05, 4.69) is 10.3 Å². The average molecular weight is 555 g/mol. The van der Waals surface area contributed by atoms with Gasteiger partial charge in [0.15, 0.2) is 5.58 Å². The van der Waals surface area contributed by atoms with E-state index in [0.29, 0.717) is 44.8 Å². The molecule has 0 radical (unpaired) electrons. The van der Waals surface area contributed by atoms with E-state index < -0.39 is 17.7 Å². The second-order valence-corrected chi connectivity index (χ2v) is 8.54. The number of hydrogen-bond acceptors (Lipinski definition) is 8. The Bertz CT molecular complexity index is 1560. The number of carbonyl (C=O) groups is 1. The molecule has 0 atom stereocenters. The molecule has 4 rings (SSSR count). The molecule has 11 heteroatoms. The topological polar surface area (TPSA) is 92.4 Å². The Kier molecular flexibility index (Phi) is 8.73. The Labute approximate surface area is 227 Å². The molecule has 0 amide bonds. The summed E-state index contributed by atoms with van der Waals surface area (Å²) >= 11 is 0. The van der Waals surface area contributed by atoms with Gasteiger partial charge in [0.25, 0.3) is 0 Å². The maximum Gasteiger partial charge on any atom is 0.416 e. The lowest BCUT2D eigenvalue weighted by molar-refractivity contribution is -0.137. The van der Waals surface area contributed by atoms with Crippen molar-refractivity contribution in [2.45, 2.75) is 26.3 Å². The van der Waals surface area contributed by atoms with Crippen molar-refractivity contribution in [3.8, 4) is 5.75 Å². The first-order valence-corrected chi connectivity index (χ1v) is 12.0. The molecule has 0 aliphatic heterocycles. The molecular formula is C29H25F3N2O6. The van der Waals surface area contributed by atoms with Crippen molar-refractivity contribution in [2.24, 2.45) is 5.16 Å². The predicted molar refractivity (Wildman–Crippen MR) is 140 cm³/mol. The smallest absolute Gasteiger partial charge is 0.416 e. The third kappa shape index (κ3) is 6.60. The summed E-state index contributed by atoms with van der Waals surface area (Å²) in [7, 11) is 2.72. The van der Waals surface area contributed by atoms with Crippen LogP contribution in [0.2, 0.25) is 0 Å². The van der Waals surface area contributed by atoms with Crippen molar-refractivity contribution < 1.29 is 41.5 Å². The SMILES string of the molecule is COC=C(C(=O)OC)c1ccccc1CON=C(C)c1noc2cc(OCc3cccc(C(F)(F)F)c3)ccc12. The van der Waals surface area contributed by atoms with Crippen LogP contribution in [0.25, 0.3) is 16.5 Å². The molecule has 4 aromatic rings. The third-order valence-corrected chi connectivity index (χ3v) is 5.82. The monoisotopic (exact) mass is 554 g/mol. The third-order valence-electron chi connectivity index (χ3n) is 5.82. The first-order chi connectivity index (χ1) is 19.2. The summed E-state index contributed by atoms with van der Waals surface area (Å²) in [5.41, 5.74) is 2.43. The van der Waals surface area contributed by atoms with E-state index in [9.17, 15) is 18.0 Å². The van der Waals surface area contributed by atoms with Gasteiger partial charge in [0.05, 0.1) is 31.4 Å². The number of nitrogens with zero attached hydrogens (tertiary/aromatic N) is 2. The minimum Gasteiger partial charge on any atom is -0.503 e. The molecule has 208 valence electrons. The van der Waals surface area contributed by atoms with Crippen LogP contribution in [0, 0.1) is 0 Å². The lowest BCUT2D eigenvalue weighted by Crippen LogP contribution is -2.07. The fourth-order valence-corrected chi connectivity index (χ4v) is 3.87. The number of rotatable bonds is 10. The number of aromatic nitrogens is 1. The van der Waals surface area contributed by atoms with Crippen LogP contribution < -0.4 is 4.74 Å². The molecule has 0 aliphatic carbocycles. The van der Waals surface area contributed by atoms with E-state index >= 15 is 0 Å². The molecule has 0 unspecified atom stereocenters. The van der Waals surface area contributed by atoms with Crippen molar-refractivity contribution >= 4 is 28.2 Å². The van der Waals surface area contributed by atoms with Gasteiger partial charge in [-0.3, -0.25) is 0 Å². The molecule has 0 aliphatic rings. The van der Waals surface area contributed by atoms with Crippen molar-refractivity contribution in [1.82, 2.24) is 5.16 Å². The van der Waals surface area contributed by atoms with Crippen molar-refractivity contribution in [3.63, 3.8) is 0 Å². The molecule has 0 N–H and O–H groups in total. The zero-order chi connectivity index (χ0) is 28.7. The number of oxime groups is 1. The van der Waals surface area contributed by atoms with Crippen LogP contribution in [0.1, 0.15) is 34.9 Å². The molecule has 3 aromatic carbocycles. The highest BCUT2D eigenvalue weighted by atomic mass is 19.4. The molecule has 8 nitrogen and oxygen atoms in total. The highest BCUT2D eigenvalue weighted by molar-refractivity contribution is 6.16. The minimum atomic E-state index is -4.43. The summed E-state index contributed by atoms with van der Waals surface area (Å²) in [5, 5.41) is 8.87. The molecule has 0 saturated heterocycles. The number of ether oxygens (including phenoxy) is 3. The molecule has 40 heavy (non-hydrogen) atoms. The quantitative estimate of drug-likeness (QED) is 0.0724. The molecule has 1 aromatic heterocycles. The van der Waals surface area contributed by atoms with E-state index in [-0.39, 0.29) is 18.8 Å². The summed E-state index contributed by atoms with van der Waals surface area (Å²) < 4.78 is 59.8. The standard InChI is InChI=1S/C29H25F3N2O6/c1-18(33-39-16-20-8-4-5-10-23(20)25(17-36-2)28(35)37-3)27-24-12-11-22(14-26(24)40-34-27)38-15-19-7-6-9-21(13-19)29(30,31)32/h4-14,17H,15-16H2,1-3H3. The molecule has 0 saturated carbocycles. The fraction of sp³-hybridized carbons (Fsp3) is 0.207. The first kappa shape index (κ1) is 28.2. The van der Waals surface area contributed by atoms with Crippen molar-refractivity contribution in [3.05, 3.63) is 101 Å². The summed E-state index contributed by atoms with van der Waals surface area (Å²) in [5.74, 6) is -0.151. The van der Waals surface area contributed by atoms with Crippen LogP contribution >= 0.6 is 0 Å². The van der Waals surface area contributed by atoms with Gasteiger partial charge in [0, 0.05) is 11.6 Å². The van der Waals surface area contributed by atoms with Crippen molar-refractivity contribution in [2.75, 3.05) is 14.2 Å². The second-order valence-electron chi connectivity index (χ2n) is 8.54. The molecule has 0 fully saturated rings. The lowest BCUT2D eigenvalue weighted by Gasteiger charge is -2.11. The maximum absolute atomic E-state index is 13.0. The van der Waals surface area contributed by atoms with Gasteiger partial charge < -0.3 is 23.6 Å². The number of fused-ring (bicyclic) bond motifs is 1.